The molecule has 0 bridgehead atoms. The van der Waals surface area contributed by atoms with E-state index in [1.807, 2.05) is 60.8 Å². The number of benzene rings is 2. The van der Waals surface area contributed by atoms with Gasteiger partial charge in [-0.25, -0.2) is 9.97 Å². The molecule has 258 valence electrons. The van der Waals surface area contributed by atoms with E-state index in [0.29, 0.717) is 37.1 Å². The first-order valence-corrected chi connectivity index (χ1v) is 18.9. The Bertz CT molecular complexity index is 1750. The largest absolute Gasteiger partial charge is 0.491 e. The lowest BCUT2D eigenvalue weighted by molar-refractivity contribution is -0.112. The molecule has 2 aliphatic heterocycles. The molecule has 1 fully saturated rings. The van der Waals surface area contributed by atoms with Gasteiger partial charge >= 0.3 is 0 Å². The number of aromatic nitrogens is 3. The molecule has 49 heavy (non-hydrogen) atoms. The zero-order chi connectivity index (χ0) is 34.0. The molecular formula is C39H47N5O4S. The standard InChI is InChI=1S/C39H47N5O4S/c1-3-5-20-47-21-22-48-36-14-9-29(10-15-36)32-24-31-23-30(8-13-34-7-6-19-44(34)38(31)41-25-32)39(45)42-33-11-16-37(17-12-33)49(46)27-35-26-40-28-43(35)18-4-2/h9-12,14-17,23-26,28,34H,3-8,13,18-22,27H2,1-2H3,(H,42,45)/b30-23+/t34?,49-/m0/s1. The lowest BCUT2D eigenvalue weighted by Gasteiger charge is -2.29. The fourth-order valence-electron chi connectivity index (χ4n) is 6.49. The van der Waals surface area contributed by atoms with Gasteiger partial charge in [0.15, 0.2) is 0 Å². The van der Waals surface area contributed by atoms with E-state index >= 15 is 0 Å². The van der Waals surface area contributed by atoms with Crippen LogP contribution in [0.2, 0.25) is 0 Å². The highest BCUT2D eigenvalue weighted by atomic mass is 32.2. The third-order valence-corrected chi connectivity index (χ3v) is 10.5. The van der Waals surface area contributed by atoms with E-state index in [0.717, 1.165) is 103 Å². The SMILES string of the molecule is CCCCOCCOc1ccc(-c2cnc3c(c2)/C=C(/C(=O)Nc2ccc([S@@](=O)Cc4cncn4CCC)cc2)CCC2CCCN32)cc1. The maximum atomic E-state index is 13.7. The quantitative estimate of drug-likeness (QED) is 0.129. The zero-order valence-electron chi connectivity index (χ0n) is 28.6. The molecule has 2 atom stereocenters. The number of fused-ring (bicyclic) bond motifs is 3. The fraction of sp³-hybridized carbons (Fsp3) is 0.410. The van der Waals surface area contributed by atoms with Gasteiger partial charge in [0, 0.05) is 65.4 Å². The number of nitrogens with one attached hydrogen (secondary N) is 1. The van der Waals surface area contributed by atoms with E-state index in [-0.39, 0.29) is 5.91 Å². The average Bonchev–Trinajstić information content (AvgIpc) is 3.77. The summed E-state index contributed by atoms with van der Waals surface area (Å²) in [4.78, 5) is 26.0. The number of hydrogen-bond donors (Lipinski definition) is 1. The predicted octanol–water partition coefficient (Wildman–Crippen LogP) is 7.64. The van der Waals surface area contributed by atoms with Crippen LogP contribution in [0.5, 0.6) is 5.75 Å². The monoisotopic (exact) mass is 681 g/mol. The van der Waals surface area contributed by atoms with Crippen molar-refractivity contribution in [2.45, 2.75) is 82.0 Å². The molecular weight excluding hydrogens is 635 g/mol. The second-order valence-electron chi connectivity index (χ2n) is 12.7. The number of ether oxygens (including phenoxy) is 2. The maximum absolute atomic E-state index is 13.7. The number of nitrogens with zero attached hydrogens (tertiary/aromatic N) is 4. The molecule has 2 aliphatic rings. The van der Waals surface area contributed by atoms with E-state index in [9.17, 15) is 9.00 Å². The number of imidazole rings is 1. The Hall–Kier alpha value is -4.28. The third-order valence-electron chi connectivity index (χ3n) is 9.16. The van der Waals surface area contributed by atoms with E-state index in [1.165, 1.54) is 0 Å². The minimum Gasteiger partial charge on any atom is -0.491 e. The summed E-state index contributed by atoms with van der Waals surface area (Å²) in [6.45, 7) is 7.96. The first-order chi connectivity index (χ1) is 24.0. The Morgan fingerprint density at radius 2 is 1.82 bits per heavy atom. The van der Waals surface area contributed by atoms with E-state index in [4.69, 9.17) is 14.5 Å². The molecule has 2 aromatic carbocycles. The van der Waals surface area contributed by atoms with Crippen LogP contribution in [0.4, 0.5) is 11.5 Å². The summed E-state index contributed by atoms with van der Waals surface area (Å²) in [6.07, 6.45) is 14.5. The van der Waals surface area contributed by atoms with Gasteiger partial charge in [-0.15, -0.1) is 0 Å². The van der Waals surface area contributed by atoms with Gasteiger partial charge in [-0.3, -0.25) is 9.00 Å². The lowest BCUT2D eigenvalue weighted by Crippen LogP contribution is -2.32. The number of carbonyl (C=O) groups excluding carboxylic acids is 1. The molecule has 6 rings (SSSR count). The van der Waals surface area contributed by atoms with Crippen molar-refractivity contribution in [3.8, 4) is 16.9 Å². The zero-order valence-corrected chi connectivity index (χ0v) is 29.4. The van der Waals surface area contributed by atoms with Gasteiger partial charge in [-0.2, -0.15) is 0 Å². The molecule has 4 heterocycles. The van der Waals surface area contributed by atoms with E-state index in [1.54, 1.807) is 12.5 Å². The highest BCUT2D eigenvalue weighted by molar-refractivity contribution is 7.84. The Labute approximate surface area is 292 Å². The Kier molecular flexibility index (Phi) is 11.9. The van der Waals surface area contributed by atoms with Gasteiger partial charge in [0.1, 0.15) is 18.2 Å². The number of hydrogen-bond acceptors (Lipinski definition) is 7. The molecule has 0 saturated carbocycles. The van der Waals surface area contributed by atoms with Crippen LogP contribution in [0, 0.1) is 0 Å². The Morgan fingerprint density at radius 3 is 2.61 bits per heavy atom. The number of anilines is 2. The maximum Gasteiger partial charge on any atom is 0.251 e. The topological polar surface area (TPSA) is 98.6 Å². The molecule has 0 aliphatic carbocycles. The number of aryl methyl sites for hydroxylation is 1. The first kappa shape index (κ1) is 34.6. The van der Waals surface area contributed by atoms with Gasteiger partial charge in [0.05, 0.1) is 35.2 Å². The average molecular weight is 682 g/mol. The van der Waals surface area contributed by atoms with Crippen LogP contribution < -0.4 is 15.0 Å². The van der Waals surface area contributed by atoms with E-state index < -0.39 is 10.8 Å². The van der Waals surface area contributed by atoms with E-state index in [2.05, 4.69) is 39.7 Å². The molecule has 1 unspecified atom stereocenters. The van der Waals surface area contributed by atoms with Crippen molar-refractivity contribution in [1.82, 2.24) is 14.5 Å². The summed E-state index contributed by atoms with van der Waals surface area (Å²) in [5, 5.41) is 3.09. The highest BCUT2D eigenvalue weighted by Crippen LogP contribution is 2.36. The highest BCUT2D eigenvalue weighted by Gasteiger charge is 2.30. The van der Waals surface area contributed by atoms with Gasteiger partial charge < -0.3 is 24.3 Å². The molecule has 0 radical (unpaired) electrons. The van der Waals surface area contributed by atoms with Crippen LogP contribution in [0.25, 0.3) is 17.2 Å². The number of amides is 1. The second kappa shape index (κ2) is 16.9. The molecule has 2 aromatic heterocycles. The number of carbonyl (C=O) groups is 1. The summed E-state index contributed by atoms with van der Waals surface area (Å²) >= 11 is 0. The van der Waals surface area contributed by atoms with Crippen molar-refractivity contribution in [2.75, 3.05) is 36.6 Å². The molecule has 0 spiro atoms. The van der Waals surface area contributed by atoms with Crippen molar-refractivity contribution >= 4 is 34.3 Å². The van der Waals surface area contributed by atoms with Crippen molar-refractivity contribution in [2.24, 2.45) is 0 Å². The minimum atomic E-state index is -1.22. The van der Waals surface area contributed by atoms with Crippen molar-refractivity contribution in [3.63, 3.8) is 0 Å². The molecule has 1 amide bonds. The van der Waals surface area contributed by atoms with Crippen LogP contribution in [-0.4, -0.2) is 57.1 Å². The normalized spacial score (nSPS) is 17.3. The van der Waals surface area contributed by atoms with Crippen molar-refractivity contribution in [1.29, 1.82) is 0 Å². The van der Waals surface area contributed by atoms with Gasteiger partial charge in [-0.1, -0.05) is 32.4 Å². The molecule has 1 N–H and O–H groups in total. The van der Waals surface area contributed by atoms with Gasteiger partial charge in [0.25, 0.3) is 5.91 Å². The van der Waals surface area contributed by atoms with Crippen molar-refractivity contribution in [3.05, 3.63) is 90.1 Å². The lowest BCUT2D eigenvalue weighted by atomic mass is 9.96. The molecule has 4 aromatic rings. The van der Waals surface area contributed by atoms with Gasteiger partial charge in [-0.05, 0) is 92.6 Å². The predicted molar refractivity (Wildman–Crippen MR) is 196 cm³/mol. The van der Waals surface area contributed by atoms with Crippen LogP contribution in [-0.2, 0) is 32.6 Å². The molecule has 1 saturated heterocycles. The van der Waals surface area contributed by atoms with Crippen LogP contribution in [0.15, 0.2) is 83.8 Å². The van der Waals surface area contributed by atoms with Gasteiger partial charge in [0.2, 0.25) is 0 Å². The minimum absolute atomic E-state index is 0.125. The number of rotatable bonds is 15. The summed E-state index contributed by atoms with van der Waals surface area (Å²) in [7, 11) is -1.22. The Balaban J connectivity index is 1.15. The summed E-state index contributed by atoms with van der Waals surface area (Å²) in [5.74, 6) is 2.02. The molecule has 10 heteroatoms. The smallest absolute Gasteiger partial charge is 0.251 e. The first-order valence-electron chi connectivity index (χ1n) is 17.6. The van der Waals surface area contributed by atoms with Crippen LogP contribution >= 0.6 is 0 Å². The number of pyridine rings is 1. The summed E-state index contributed by atoms with van der Waals surface area (Å²) in [6, 6.07) is 17.9. The fourth-order valence-corrected chi connectivity index (χ4v) is 7.61. The molecule has 9 nitrogen and oxygen atoms in total. The Morgan fingerprint density at radius 1 is 0.980 bits per heavy atom. The summed E-state index contributed by atoms with van der Waals surface area (Å²) < 4.78 is 26.6. The second-order valence-corrected chi connectivity index (χ2v) is 14.2. The van der Waals surface area contributed by atoms with Crippen LogP contribution in [0.1, 0.15) is 70.1 Å². The summed E-state index contributed by atoms with van der Waals surface area (Å²) in [5.41, 5.74) is 5.34. The van der Waals surface area contributed by atoms with Crippen molar-refractivity contribution < 1.29 is 18.5 Å². The third kappa shape index (κ3) is 8.85. The number of unbranched alkanes of at least 4 members (excludes halogenated alkanes) is 1. The van der Waals surface area contributed by atoms with Crippen LogP contribution in [0.3, 0.4) is 0 Å².